The molecule has 0 rings (SSSR count). The summed E-state index contributed by atoms with van der Waals surface area (Å²) in [6, 6.07) is 0. The number of rotatable bonds is 1. The first kappa shape index (κ1) is 5.77. The molecule has 0 saturated heterocycles. The van der Waals surface area contributed by atoms with Gasteiger partial charge in [-0.05, 0) is 9.39 Å². The molecular weight excluding hydrogens is 95.0 g/mol. The molecule has 6 heavy (non-hydrogen) atoms. The molecule has 1 atom stereocenters. The molecule has 0 aliphatic rings. The van der Waals surface area contributed by atoms with Crippen LogP contribution in [0.1, 0.15) is 6.92 Å². The van der Waals surface area contributed by atoms with Crippen molar-refractivity contribution in [2.45, 2.75) is 6.92 Å². The van der Waals surface area contributed by atoms with Crippen molar-refractivity contribution in [1.82, 2.24) is 0 Å². The summed E-state index contributed by atoms with van der Waals surface area (Å²) in [4.78, 5) is 0. The molecule has 0 spiro atoms. The van der Waals surface area contributed by atoms with Gasteiger partial charge in [-0.3, -0.25) is 10.2 Å². The lowest BCUT2D eigenvalue weighted by Gasteiger charge is -1.66. The van der Waals surface area contributed by atoms with E-state index in [1.807, 2.05) is 0 Å². The van der Waals surface area contributed by atoms with Gasteiger partial charge in [0.15, 0.2) is 5.71 Å². The predicted molar refractivity (Wildman–Crippen MR) is 30.8 cm³/mol. The van der Waals surface area contributed by atoms with Crippen molar-refractivity contribution >= 4 is 21.3 Å². The van der Waals surface area contributed by atoms with Crippen LogP contribution in [0.4, 0.5) is 0 Å². The molecule has 0 aliphatic heterocycles. The van der Waals surface area contributed by atoms with Gasteiger partial charge in [0.25, 0.3) is 0 Å². The van der Waals surface area contributed by atoms with E-state index in [9.17, 15) is 0 Å². The molecular formula is C3H8N2P+. The Bertz CT molecular complexity index is 76.9. The highest BCUT2D eigenvalue weighted by Gasteiger charge is 1.76. The fourth-order valence-electron chi connectivity index (χ4n) is 0.118. The van der Waals surface area contributed by atoms with E-state index in [0.29, 0.717) is 0 Å². The van der Waals surface area contributed by atoms with Crippen LogP contribution in [0.5, 0.6) is 0 Å². The van der Waals surface area contributed by atoms with E-state index in [4.69, 9.17) is 5.41 Å². The first-order valence-corrected chi connectivity index (χ1v) is 2.11. The molecule has 1 unspecified atom stereocenters. The minimum absolute atomic E-state index is 0.727. The summed E-state index contributed by atoms with van der Waals surface area (Å²) in [5.74, 6) is 0. The Labute approximate surface area is 39.4 Å². The molecule has 34 valence electrons. The minimum Gasteiger partial charge on any atom is -0.270 e. The lowest BCUT2D eigenvalue weighted by Crippen LogP contribution is -2.38. The van der Waals surface area contributed by atoms with Crippen molar-refractivity contribution in [3.63, 3.8) is 0 Å². The van der Waals surface area contributed by atoms with Gasteiger partial charge in [0.05, 0.1) is 6.21 Å². The summed E-state index contributed by atoms with van der Waals surface area (Å²) in [5, 5.41) is 5.16. The second-order valence-corrected chi connectivity index (χ2v) is 1.32. The van der Waals surface area contributed by atoms with Crippen molar-refractivity contribution in [3.8, 4) is 0 Å². The average Bonchev–Trinajstić information content (AvgIpc) is 1.35. The minimum atomic E-state index is 0.727. The summed E-state index contributed by atoms with van der Waals surface area (Å²) < 4.78 is 3.56. The fourth-order valence-corrected chi connectivity index (χ4v) is 0.353. The van der Waals surface area contributed by atoms with Gasteiger partial charge in [-0.15, -0.1) is 0 Å². The van der Waals surface area contributed by atoms with Crippen LogP contribution in [0, 0.1) is 0 Å². The van der Waals surface area contributed by atoms with Crippen LogP contribution < -0.4 is 5.41 Å². The number of nitrogens with zero attached hydrogens (tertiary/aromatic N) is 1. The molecule has 0 aromatic rings. The zero-order valence-corrected chi connectivity index (χ0v) is 4.83. The molecule has 0 aliphatic carbocycles. The molecule has 0 aromatic carbocycles. The third-order valence-electron chi connectivity index (χ3n) is 0.278. The van der Waals surface area contributed by atoms with Crippen molar-refractivity contribution in [2.24, 2.45) is 4.76 Å². The Morgan fingerprint density at radius 3 is 2.50 bits per heavy atom. The van der Waals surface area contributed by atoms with E-state index in [-0.39, 0.29) is 0 Å². The van der Waals surface area contributed by atoms with Crippen LogP contribution in [0.25, 0.3) is 0 Å². The topological polar surface area (TPSA) is 38.0 Å². The highest BCUT2D eigenvalue weighted by molar-refractivity contribution is 7.15. The Kier molecular flexibility index (Phi) is 2.87. The smallest absolute Gasteiger partial charge is 0.187 e. The predicted octanol–water partition coefficient (Wildman–Crippen LogP) is -0.933. The first-order valence-electron chi connectivity index (χ1n) is 1.59. The van der Waals surface area contributed by atoms with E-state index in [2.05, 4.69) is 14.2 Å². The van der Waals surface area contributed by atoms with Gasteiger partial charge in [-0.25, -0.2) is 0 Å². The number of hydrogen-bond acceptors (Lipinski definition) is 1. The van der Waals surface area contributed by atoms with Crippen molar-refractivity contribution < 1.29 is 5.41 Å². The number of hydrogen-bond donors (Lipinski definition) is 1. The zero-order valence-electron chi connectivity index (χ0n) is 3.68. The van der Waals surface area contributed by atoms with Crippen molar-refractivity contribution in [2.75, 3.05) is 0 Å². The van der Waals surface area contributed by atoms with E-state index in [0.717, 1.165) is 5.71 Å². The van der Waals surface area contributed by atoms with Crippen LogP contribution >= 0.6 is 9.39 Å². The second-order valence-electron chi connectivity index (χ2n) is 1.02. The maximum Gasteiger partial charge on any atom is 0.187 e. The van der Waals surface area contributed by atoms with Crippen LogP contribution in [0.15, 0.2) is 4.76 Å². The third-order valence-corrected chi connectivity index (χ3v) is 0.427. The largest absolute Gasteiger partial charge is 0.270 e. The molecule has 0 amide bonds. The summed E-state index contributed by atoms with van der Waals surface area (Å²) in [5.41, 5.74) is 0.727. The van der Waals surface area contributed by atoms with Crippen LogP contribution in [-0.2, 0) is 0 Å². The molecule has 0 aromatic heterocycles. The summed E-state index contributed by atoms with van der Waals surface area (Å²) in [7, 11) is 2.19. The average molecular weight is 103 g/mol. The molecule has 0 radical (unpaired) electrons. The molecule has 0 saturated carbocycles. The van der Waals surface area contributed by atoms with Gasteiger partial charge in [-0.1, -0.05) is 0 Å². The van der Waals surface area contributed by atoms with Crippen molar-refractivity contribution in [1.29, 1.82) is 0 Å². The highest BCUT2D eigenvalue weighted by atomic mass is 31.0. The fraction of sp³-hybridized carbons (Fsp3) is 0.333. The lowest BCUT2D eigenvalue weighted by atomic mass is 10.5. The quantitative estimate of drug-likeness (QED) is 0.329. The van der Waals surface area contributed by atoms with E-state index in [1.54, 1.807) is 13.1 Å². The standard InChI is InChI=1S/C3H7N2P/c1-3(4)2-5-6/h2,4H,6H2,1H3/p+1/b4-3?,5-2+. The molecule has 0 bridgehead atoms. The van der Waals surface area contributed by atoms with Gasteiger partial charge in [0.2, 0.25) is 0 Å². The Hall–Kier alpha value is -0.230. The van der Waals surface area contributed by atoms with E-state index in [1.165, 1.54) is 0 Å². The summed E-state index contributed by atoms with van der Waals surface area (Å²) in [6.07, 6.45) is 1.57. The SMILES string of the molecule is CC(=[NH2+])/C=N/P. The monoisotopic (exact) mass is 103 g/mol. The summed E-state index contributed by atoms with van der Waals surface area (Å²) >= 11 is 0. The van der Waals surface area contributed by atoms with Crippen LogP contribution in [0.3, 0.4) is 0 Å². The molecule has 0 heterocycles. The molecule has 2 N–H and O–H groups in total. The van der Waals surface area contributed by atoms with Gasteiger partial charge in [0.1, 0.15) is 0 Å². The summed E-state index contributed by atoms with van der Waals surface area (Å²) in [6.45, 7) is 1.79. The molecule has 2 nitrogen and oxygen atoms in total. The molecule has 3 heteroatoms. The normalized spacial score (nSPS) is 9.67. The Morgan fingerprint density at radius 2 is 2.50 bits per heavy atom. The Morgan fingerprint density at radius 1 is 2.00 bits per heavy atom. The third kappa shape index (κ3) is 3.77. The van der Waals surface area contributed by atoms with Gasteiger partial charge < -0.3 is 0 Å². The first-order chi connectivity index (χ1) is 2.77. The highest BCUT2D eigenvalue weighted by Crippen LogP contribution is 1.74. The number of nitrogens with two attached hydrogens (primary N) is 1. The van der Waals surface area contributed by atoms with Crippen LogP contribution in [-0.4, -0.2) is 11.9 Å². The zero-order chi connectivity index (χ0) is 4.99. The van der Waals surface area contributed by atoms with Gasteiger partial charge in [0, 0.05) is 6.92 Å². The van der Waals surface area contributed by atoms with Crippen LogP contribution in [0.2, 0.25) is 0 Å². The van der Waals surface area contributed by atoms with Crippen molar-refractivity contribution in [3.05, 3.63) is 0 Å². The molecule has 0 fully saturated rings. The van der Waals surface area contributed by atoms with E-state index < -0.39 is 0 Å². The van der Waals surface area contributed by atoms with E-state index >= 15 is 0 Å². The van der Waals surface area contributed by atoms with Gasteiger partial charge in [-0.2, -0.15) is 0 Å². The maximum atomic E-state index is 5.16. The Balaban J connectivity index is 3.30. The maximum absolute atomic E-state index is 5.16. The van der Waals surface area contributed by atoms with Gasteiger partial charge >= 0.3 is 0 Å². The second kappa shape index (κ2) is 2.98. The lowest BCUT2D eigenvalue weighted by molar-refractivity contribution is -0.110.